The third kappa shape index (κ3) is 4.56. The van der Waals surface area contributed by atoms with Gasteiger partial charge in [-0.2, -0.15) is 0 Å². The monoisotopic (exact) mass is 315 g/mol. The van der Waals surface area contributed by atoms with Crippen molar-refractivity contribution in [3.63, 3.8) is 0 Å². The number of likely N-dealkylation sites (N-methyl/N-ethyl adjacent to an activating group) is 1. The Labute approximate surface area is 114 Å². The molecule has 0 bridgehead atoms. The molecule has 0 aliphatic rings. The van der Waals surface area contributed by atoms with Crippen LogP contribution in [0.2, 0.25) is 0 Å². The molecule has 0 aliphatic heterocycles. The second-order valence-electron chi connectivity index (χ2n) is 4.18. The van der Waals surface area contributed by atoms with Crippen molar-refractivity contribution < 1.29 is 14.0 Å². The van der Waals surface area contributed by atoms with Crippen molar-refractivity contribution in [1.82, 2.24) is 4.90 Å². The standard InChI is InChI=1S/C13H15BrFNO2/c1-9(17)7-13(18)16(2)6-5-10-8-11(14)3-4-12(10)15/h3-4,8H,5-7H2,1-2H3. The Morgan fingerprint density at radius 1 is 1.39 bits per heavy atom. The minimum absolute atomic E-state index is 0.0997. The number of carbonyl (C=O) groups is 2. The number of benzene rings is 1. The predicted molar refractivity (Wildman–Crippen MR) is 70.7 cm³/mol. The van der Waals surface area contributed by atoms with Crippen LogP contribution in [0, 0.1) is 5.82 Å². The van der Waals surface area contributed by atoms with Crippen molar-refractivity contribution in [1.29, 1.82) is 0 Å². The van der Waals surface area contributed by atoms with Gasteiger partial charge in [-0.3, -0.25) is 9.59 Å². The van der Waals surface area contributed by atoms with Gasteiger partial charge < -0.3 is 4.90 Å². The number of ketones is 1. The summed E-state index contributed by atoms with van der Waals surface area (Å²) in [4.78, 5) is 23.8. The molecule has 0 spiro atoms. The Balaban J connectivity index is 2.57. The first-order valence-corrected chi connectivity index (χ1v) is 6.36. The Bertz CT molecular complexity index is 462. The van der Waals surface area contributed by atoms with Gasteiger partial charge in [0.1, 0.15) is 11.6 Å². The molecule has 0 fully saturated rings. The Kier molecular flexibility index (Phi) is 5.47. The van der Waals surface area contributed by atoms with E-state index in [4.69, 9.17) is 0 Å². The lowest BCUT2D eigenvalue weighted by atomic mass is 10.1. The maximum Gasteiger partial charge on any atom is 0.229 e. The number of Topliss-reactive ketones (excluding diaryl/α,β-unsaturated/α-hetero) is 1. The zero-order valence-corrected chi connectivity index (χ0v) is 12.0. The smallest absolute Gasteiger partial charge is 0.229 e. The molecule has 1 amide bonds. The van der Waals surface area contributed by atoms with Gasteiger partial charge in [-0.05, 0) is 37.1 Å². The number of halogens is 2. The largest absolute Gasteiger partial charge is 0.345 e. The van der Waals surface area contributed by atoms with Gasteiger partial charge in [0.25, 0.3) is 0 Å². The van der Waals surface area contributed by atoms with Gasteiger partial charge in [-0.15, -0.1) is 0 Å². The summed E-state index contributed by atoms with van der Waals surface area (Å²) in [7, 11) is 1.61. The molecule has 0 saturated heterocycles. The molecule has 3 nitrogen and oxygen atoms in total. The molecule has 0 aromatic heterocycles. The number of nitrogens with zero attached hydrogens (tertiary/aromatic N) is 1. The van der Waals surface area contributed by atoms with E-state index in [-0.39, 0.29) is 23.9 Å². The third-order valence-corrected chi connectivity index (χ3v) is 3.04. The fourth-order valence-corrected chi connectivity index (χ4v) is 1.90. The van der Waals surface area contributed by atoms with Gasteiger partial charge in [0.15, 0.2) is 0 Å². The second-order valence-corrected chi connectivity index (χ2v) is 5.10. The first-order valence-electron chi connectivity index (χ1n) is 5.57. The molecule has 98 valence electrons. The molecule has 5 heteroatoms. The molecule has 0 radical (unpaired) electrons. The predicted octanol–water partition coefficient (Wildman–Crippen LogP) is 2.57. The maximum absolute atomic E-state index is 13.5. The molecule has 1 aromatic rings. The van der Waals surface area contributed by atoms with E-state index < -0.39 is 0 Å². The molecule has 0 aliphatic carbocycles. The maximum atomic E-state index is 13.5. The van der Waals surface area contributed by atoms with Crippen molar-refractivity contribution in [2.75, 3.05) is 13.6 Å². The summed E-state index contributed by atoms with van der Waals surface area (Å²) in [5.41, 5.74) is 0.548. The number of carbonyl (C=O) groups excluding carboxylic acids is 2. The average molecular weight is 316 g/mol. The Morgan fingerprint density at radius 2 is 2.06 bits per heavy atom. The van der Waals surface area contributed by atoms with Crippen LogP contribution in [0.25, 0.3) is 0 Å². The summed E-state index contributed by atoms with van der Waals surface area (Å²) in [5, 5.41) is 0. The molecule has 0 saturated carbocycles. The van der Waals surface area contributed by atoms with Crippen LogP contribution in [0.3, 0.4) is 0 Å². The van der Waals surface area contributed by atoms with Crippen molar-refractivity contribution in [3.05, 3.63) is 34.1 Å². The number of hydrogen-bond donors (Lipinski definition) is 0. The second kappa shape index (κ2) is 6.64. The van der Waals surface area contributed by atoms with Crippen LogP contribution in [0.15, 0.2) is 22.7 Å². The first-order chi connectivity index (χ1) is 8.40. The number of hydrogen-bond acceptors (Lipinski definition) is 2. The Morgan fingerprint density at radius 3 is 2.67 bits per heavy atom. The molecule has 0 unspecified atom stereocenters. The molecule has 18 heavy (non-hydrogen) atoms. The normalized spacial score (nSPS) is 10.2. The van der Waals surface area contributed by atoms with Crippen LogP contribution >= 0.6 is 15.9 Å². The van der Waals surface area contributed by atoms with Crippen LogP contribution in [0.1, 0.15) is 18.9 Å². The van der Waals surface area contributed by atoms with E-state index >= 15 is 0 Å². The van der Waals surface area contributed by atoms with Gasteiger partial charge in [0.05, 0.1) is 6.42 Å². The highest BCUT2D eigenvalue weighted by molar-refractivity contribution is 9.10. The summed E-state index contributed by atoms with van der Waals surface area (Å²) < 4.78 is 14.3. The Hall–Kier alpha value is -1.23. The molecule has 0 atom stereocenters. The molecular formula is C13H15BrFNO2. The van der Waals surface area contributed by atoms with Gasteiger partial charge >= 0.3 is 0 Å². The van der Waals surface area contributed by atoms with Crippen LogP contribution in [0.4, 0.5) is 4.39 Å². The lowest BCUT2D eigenvalue weighted by Crippen LogP contribution is -2.30. The lowest BCUT2D eigenvalue weighted by molar-refractivity contribution is -0.133. The van der Waals surface area contributed by atoms with E-state index in [0.717, 1.165) is 4.47 Å². The van der Waals surface area contributed by atoms with Gasteiger partial charge in [0, 0.05) is 18.1 Å². The minimum Gasteiger partial charge on any atom is -0.345 e. The average Bonchev–Trinajstić information content (AvgIpc) is 2.29. The number of rotatable bonds is 5. The molecule has 1 aromatic carbocycles. The van der Waals surface area contributed by atoms with Gasteiger partial charge in [0.2, 0.25) is 5.91 Å². The van der Waals surface area contributed by atoms with Gasteiger partial charge in [-0.25, -0.2) is 4.39 Å². The van der Waals surface area contributed by atoms with Crippen molar-refractivity contribution in [2.24, 2.45) is 0 Å². The summed E-state index contributed by atoms with van der Waals surface area (Å²) in [6.07, 6.45) is 0.322. The summed E-state index contributed by atoms with van der Waals surface area (Å²) in [6, 6.07) is 4.71. The zero-order chi connectivity index (χ0) is 13.7. The SMILES string of the molecule is CC(=O)CC(=O)N(C)CCc1cc(Br)ccc1F. The fourth-order valence-electron chi connectivity index (χ4n) is 1.50. The topological polar surface area (TPSA) is 37.4 Å². The van der Waals surface area contributed by atoms with E-state index in [1.54, 1.807) is 19.2 Å². The van der Waals surface area contributed by atoms with Crippen LogP contribution in [-0.2, 0) is 16.0 Å². The minimum atomic E-state index is -0.286. The van der Waals surface area contributed by atoms with Crippen LogP contribution in [-0.4, -0.2) is 30.2 Å². The quantitative estimate of drug-likeness (QED) is 0.783. The zero-order valence-electron chi connectivity index (χ0n) is 10.4. The summed E-state index contributed by atoms with van der Waals surface area (Å²) in [5.74, 6) is -0.691. The van der Waals surface area contributed by atoms with E-state index in [1.165, 1.54) is 17.9 Å². The van der Waals surface area contributed by atoms with Crippen molar-refractivity contribution in [3.8, 4) is 0 Å². The van der Waals surface area contributed by atoms with Crippen molar-refractivity contribution >= 4 is 27.6 Å². The molecule has 0 heterocycles. The lowest BCUT2D eigenvalue weighted by Gasteiger charge is -2.16. The first kappa shape index (κ1) is 14.8. The summed E-state index contributed by atoms with van der Waals surface area (Å²) >= 11 is 3.27. The van der Waals surface area contributed by atoms with E-state index in [9.17, 15) is 14.0 Å². The van der Waals surface area contributed by atoms with Crippen LogP contribution in [0.5, 0.6) is 0 Å². The van der Waals surface area contributed by atoms with Crippen LogP contribution < -0.4 is 0 Å². The van der Waals surface area contributed by atoms with E-state index in [0.29, 0.717) is 18.5 Å². The highest BCUT2D eigenvalue weighted by atomic mass is 79.9. The number of amides is 1. The molecular weight excluding hydrogens is 301 g/mol. The molecule has 0 N–H and O–H groups in total. The van der Waals surface area contributed by atoms with Crippen molar-refractivity contribution in [2.45, 2.75) is 19.8 Å². The van der Waals surface area contributed by atoms with Gasteiger partial charge in [-0.1, -0.05) is 15.9 Å². The molecule has 1 rings (SSSR count). The van der Waals surface area contributed by atoms with E-state index in [1.807, 2.05) is 0 Å². The highest BCUT2D eigenvalue weighted by Gasteiger charge is 2.12. The third-order valence-electron chi connectivity index (χ3n) is 2.55. The van der Waals surface area contributed by atoms with E-state index in [2.05, 4.69) is 15.9 Å². The summed E-state index contributed by atoms with van der Waals surface area (Å²) in [6.45, 7) is 1.76. The fraction of sp³-hybridized carbons (Fsp3) is 0.385. The highest BCUT2D eigenvalue weighted by Crippen LogP contribution is 2.16.